The fraction of sp³-hybridized carbons (Fsp3) is 0.438. The predicted molar refractivity (Wildman–Crippen MR) is 88.6 cm³/mol. The van der Waals surface area contributed by atoms with Gasteiger partial charge in [0.1, 0.15) is 0 Å². The lowest BCUT2D eigenvalue weighted by atomic mass is 10.2. The van der Waals surface area contributed by atoms with Crippen LogP contribution in [-0.4, -0.2) is 27.2 Å². The molecule has 0 heterocycles. The van der Waals surface area contributed by atoms with Crippen molar-refractivity contribution >= 4 is 21.6 Å². The monoisotopic (exact) mass is 343 g/mol. The fourth-order valence-corrected chi connectivity index (χ4v) is 3.54. The summed E-state index contributed by atoms with van der Waals surface area (Å²) in [5.74, 6) is -1.55. The number of nitrogens with zero attached hydrogens (tertiary/aromatic N) is 1. The smallest absolute Gasteiger partial charge is 0.244 e. The number of benzene rings is 1. The van der Waals surface area contributed by atoms with Gasteiger partial charge in [0.05, 0.1) is 18.6 Å². The van der Waals surface area contributed by atoms with Gasteiger partial charge in [-0.05, 0) is 25.0 Å². The summed E-state index contributed by atoms with van der Waals surface area (Å²) in [5.41, 5.74) is -0.0216. The Morgan fingerprint density at radius 3 is 2.52 bits per heavy atom. The first-order valence-electron chi connectivity index (χ1n) is 7.41. The normalized spacial score (nSPS) is 11.7. The molecule has 128 valence electrons. The van der Waals surface area contributed by atoms with E-state index in [0.29, 0.717) is 10.7 Å². The number of allylic oxidation sites excluding steroid dienone is 1. The highest BCUT2D eigenvalue weighted by molar-refractivity contribution is 7.93. The van der Waals surface area contributed by atoms with Crippen molar-refractivity contribution in [3.05, 3.63) is 36.2 Å². The largest absolute Gasteiger partial charge is 0.494 e. The van der Waals surface area contributed by atoms with E-state index in [4.69, 9.17) is 4.74 Å². The number of rotatable bonds is 8. The molecule has 1 amide bonds. The molecular formula is C16H22FNO4S. The molecule has 0 bridgehead atoms. The Hall–Kier alpha value is -1.89. The topological polar surface area (TPSA) is 63.7 Å². The maximum atomic E-state index is 13.9. The van der Waals surface area contributed by atoms with E-state index in [1.54, 1.807) is 19.1 Å². The van der Waals surface area contributed by atoms with Gasteiger partial charge in [0.15, 0.2) is 11.6 Å². The Morgan fingerprint density at radius 1 is 1.30 bits per heavy atom. The standard InChI is InChI=1S/C16H22FNO4S/c1-4-6-7-8-16(19)18(23(20,21)11-5-2)13-9-10-15(22-3)14(17)12-13/h6-7,9-10,12H,4-5,8,11H2,1-3H3/b7-6+. The number of amides is 1. The summed E-state index contributed by atoms with van der Waals surface area (Å²) in [4.78, 5) is 12.3. The molecule has 7 heteroatoms. The molecule has 1 aromatic carbocycles. The second-order valence-corrected chi connectivity index (χ2v) is 6.81. The Morgan fingerprint density at radius 2 is 2.00 bits per heavy atom. The SMILES string of the molecule is CC/C=C/CC(=O)N(c1ccc(OC)c(F)c1)S(=O)(=O)CCC. The number of methoxy groups -OCH3 is 1. The third-order valence-corrected chi connectivity index (χ3v) is 4.93. The Labute approximate surface area is 136 Å². The van der Waals surface area contributed by atoms with Crippen LogP contribution in [0.2, 0.25) is 0 Å². The molecule has 23 heavy (non-hydrogen) atoms. The first-order chi connectivity index (χ1) is 10.9. The molecule has 0 N–H and O–H groups in total. The molecule has 0 aromatic heterocycles. The van der Waals surface area contributed by atoms with Gasteiger partial charge in [-0.25, -0.2) is 17.1 Å². The lowest BCUT2D eigenvalue weighted by Crippen LogP contribution is -2.38. The van der Waals surface area contributed by atoms with E-state index in [1.165, 1.54) is 19.2 Å². The first kappa shape index (κ1) is 19.2. The quantitative estimate of drug-likeness (QED) is 0.680. The molecular weight excluding hydrogens is 321 g/mol. The van der Waals surface area contributed by atoms with Gasteiger partial charge in [-0.3, -0.25) is 4.79 Å². The molecule has 0 aliphatic heterocycles. The van der Waals surface area contributed by atoms with Gasteiger partial charge in [0.25, 0.3) is 0 Å². The van der Waals surface area contributed by atoms with Crippen LogP contribution in [0, 0.1) is 5.82 Å². The number of hydrogen-bond donors (Lipinski definition) is 0. The number of hydrogen-bond acceptors (Lipinski definition) is 4. The molecule has 0 fully saturated rings. The van der Waals surface area contributed by atoms with Crippen molar-refractivity contribution in [3.8, 4) is 5.75 Å². The number of halogens is 1. The molecule has 0 saturated carbocycles. The predicted octanol–water partition coefficient (Wildman–Crippen LogP) is 3.26. The highest BCUT2D eigenvalue weighted by Crippen LogP contribution is 2.26. The zero-order valence-corrected chi connectivity index (χ0v) is 14.4. The van der Waals surface area contributed by atoms with Gasteiger partial charge in [0.2, 0.25) is 15.9 Å². The van der Waals surface area contributed by atoms with Gasteiger partial charge in [-0.1, -0.05) is 26.0 Å². The van der Waals surface area contributed by atoms with E-state index < -0.39 is 21.7 Å². The number of carbonyl (C=O) groups excluding carboxylic acids is 1. The van der Waals surface area contributed by atoms with Crippen LogP contribution in [0.3, 0.4) is 0 Å². The second-order valence-electron chi connectivity index (χ2n) is 4.88. The lowest BCUT2D eigenvalue weighted by Gasteiger charge is -2.22. The third-order valence-electron chi connectivity index (χ3n) is 3.03. The Kier molecular flexibility index (Phi) is 7.22. The fourth-order valence-electron chi connectivity index (χ4n) is 2.02. The Balaban J connectivity index is 3.26. The molecule has 5 nitrogen and oxygen atoms in total. The zero-order chi connectivity index (χ0) is 17.5. The van der Waals surface area contributed by atoms with Crippen LogP contribution >= 0.6 is 0 Å². The van der Waals surface area contributed by atoms with Gasteiger partial charge < -0.3 is 4.74 Å². The summed E-state index contributed by atoms with van der Waals surface area (Å²) in [6, 6.07) is 3.65. The molecule has 0 unspecified atom stereocenters. The van der Waals surface area contributed by atoms with Crippen molar-refractivity contribution in [2.24, 2.45) is 0 Å². The highest BCUT2D eigenvalue weighted by Gasteiger charge is 2.28. The average molecular weight is 343 g/mol. The van der Waals surface area contributed by atoms with Crippen molar-refractivity contribution in [1.82, 2.24) is 0 Å². The van der Waals surface area contributed by atoms with Crippen LogP contribution < -0.4 is 9.04 Å². The average Bonchev–Trinajstić information content (AvgIpc) is 2.47. The van der Waals surface area contributed by atoms with Crippen LogP contribution in [0.5, 0.6) is 5.75 Å². The van der Waals surface area contributed by atoms with Crippen molar-refractivity contribution in [3.63, 3.8) is 0 Å². The number of carbonyl (C=O) groups is 1. The zero-order valence-electron chi connectivity index (χ0n) is 13.6. The van der Waals surface area contributed by atoms with E-state index in [2.05, 4.69) is 0 Å². The van der Waals surface area contributed by atoms with Crippen molar-refractivity contribution in [2.45, 2.75) is 33.1 Å². The first-order valence-corrected chi connectivity index (χ1v) is 9.02. The number of ether oxygens (including phenoxy) is 1. The van der Waals surface area contributed by atoms with E-state index in [1.807, 2.05) is 6.92 Å². The maximum absolute atomic E-state index is 13.9. The third kappa shape index (κ3) is 5.06. The maximum Gasteiger partial charge on any atom is 0.244 e. The Bertz CT molecular complexity index is 671. The summed E-state index contributed by atoms with van der Waals surface area (Å²) >= 11 is 0. The molecule has 0 atom stereocenters. The molecule has 1 aromatic rings. The van der Waals surface area contributed by atoms with Gasteiger partial charge >= 0.3 is 0 Å². The van der Waals surface area contributed by atoms with Gasteiger partial charge in [-0.2, -0.15) is 0 Å². The van der Waals surface area contributed by atoms with Crippen LogP contribution in [0.25, 0.3) is 0 Å². The van der Waals surface area contributed by atoms with Crippen molar-refractivity contribution in [2.75, 3.05) is 17.2 Å². The molecule has 0 saturated heterocycles. The minimum atomic E-state index is -3.86. The minimum absolute atomic E-state index is 0.0140. The van der Waals surface area contributed by atoms with Crippen LogP contribution in [-0.2, 0) is 14.8 Å². The minimum Gasteiger partial charge on any atom is -0.494 e. The van der Waals surface area contributed by atoms with Gasteiger partial charge in [-0.15, -0.1) is 0 Å². The van der Waals surface area contributed by atoms with E-state index in [0.717, 1.165) is 12.5 Å². The number of anilines is 1. The molecule has 0 radical (unpaired) electrons. The molecule has 1 rings (SSSR count). The summed E-state index contributed by atoms with van der Waals surface area (Å²) in [6.07, 6.45) is 4.42. The van der Waals surface area contributed by atoms with Crippen LogP contribution in [0.15, 0.2) is 30.4 Å². The van der Waals surface area contributed by atoms with Crippen LogP contribution in [0.1, 0.15) is 33.1 Å². The van der Waals surface area contributed by atoms with Gasteiger partial charge in [0, 0.05) is 12.5 Å². The molecule has 0 spiro atoms. The summed E-state index contributed by atoms with van der Waals surface area (Å²) in [5, 5.41) is 0. The summed E-state index contributed by atoms with van der Waals surface area (Å²) in [7, 11) is -2.55. The highest BCUT2D eigenvalue weighted by atomic mass is 32.2. The van der Waals surface area contributed by atoms with Crippen LogP contribution in [0.4, 0.5) is 10.1 Å². The van der Waals surface area contributed by atoms with Crippen molar-refractivity contribution in [1.29, 1.82) is 0 Å². The molecule has 0 aliphatic rings. The van der Waals surface area contributed by atoms with E-state index in [9.17, 15) is 17.6 Å². The lowest BCUT2D eigenvalue weighted by molar-refractivity contribution is -0.116. The summed E-state index contributed by atoms with van der Waals surface area (Å²) in [6.45, 7) is 3.61. The van der Waals surface area contributed by atoms with Crippen molar-refractivity contribution < 1.29 is 22.3 Å². The molecule has 0 aliphatic carbocycles. The number of sulfonamides is 1. The summed E-state index contributed by atoms with van der Waals surface area (Å²) < 4.78 is 44.2. The van der Waals surface area contributed by atoms with E-state index >= 15 is 0 Å². The van der Waals surface area contributed by atoms with E-state index in [-0.39, 0.29) is 23.6 Å². The second kappa shape index (κ2) is 8.67.